The van der Waals surface area contributed by atoms with Crippen LogP contribution in [0.5, 0.6) is 0 Å². The first-order chi connectivity index (χ1) is 9.75. The monoisotopic (exact) mass is 273 g/mol. The van der Waals surface area contributed by atoms with Crippen molar-refractivity contribution in [1.82, 2.24) is 19.5 Å². The van der Waals surface area contributed by atoms with Gasteiger partial charge in [0.1, 0.15) is 12.4 Å². The summed E-state index contributed by atoms with van der Waals surface area (Å²) in [5, 5.41) is 9.31. The van der Waals surface area contributed by atoms with Crippen molar-refractivity contribution in [2.75, 3.05) is 11.4 Å². The third-order valence-corrected chi connectivity index (χ3v) is 4.09. The first-order valence-corrected chi connectivity index (χ1v) is 6.92. The molecule has 0 radical (unpaired) electrons. The van der Waals surface area contributed by atoms with Crippen LogP contribution in [0.1, 0.15) is 31.7 Å². The van der Waals surface area contributed by atoms with Crippen molar-refractivity contribution < 1.29 is 9.90 Å². The van der Waals surface area contributed by atoms with Crippen molar-refractivity contribution in [2.24, 2.45) is 0 Å². The van der Waals surface area contributed by atoms with Gasteiger partial charge < -0.3 is 14.6 Å². The van der Waals surface area contributed by atoms with Crippen molar-refractivity contribution in [2.45, 2.75) is 37.8 Å². The maximum absolute atomic E-state index is 11.3. The molecule has 1 atom stereocenters. The zero-order valence-electron chi connectivity index (χ0n) is 10.9. The van der Waals surface area contributed by atoms with Crippen LogP contribution in [0, 0.1) is 0 Å². The van der Waals surface area contributed by atoms with Gasteiger partial charge in [0.05, 0.1) is 6.33 Å². The zero-order valence-corrected chi connectivity index (χ0v) is 10.9. The average Bonchev–Trinajstić information content (AvgIpc) is 3.02. The second kappa shape index (κ2) is 4.16. The second-order valence-electron chi connectivity index (χ2n) is 5.44. The van der Waals surface area contributed by atoms with Crippen LogP contribution in [0.2, 0.25) is 0 Å². The highest BCUT2D eigenvalue weighted by atomic mass is 16.4. The molecule has 0 aromatic carbocycles. The van der Waals surface area contributed by atoms with Crippen LogP contribution in [0.25, 0.3) is 11.2 Å². The number of imidazole rings is 1. The zero-order chi connectivity index (χ0) is 13.7. The van der Waals surface area contributed by atoms with Crippen LogP contribution >= 0.6 is 0 Å². The van der Waals surface area contributed by atoms with Crippen LogP contribution < -0.4 is 4.90 Å². The molecule has 3 heterocycles. The molecule has 2 aromatic rings. The molecule has 0 amide bonds. The van der Waals surface area contributed by atoms with E-state index >= 15 is 0 Å². The Morgan fingerprint density at radius 2 is 2.10 bits per heavy atom. The minimum absolute atomic E-state index is 0.497. The van der Waals surface area contributed by atoms with Crippen molar-refractivity contribution in [1.29, 1.82) is 0 Å². The Bertz CT molecular complexity index is 678. The molecule has 7 nitrogen and oxygen atoms in total. The van der Waals surface area contributed by atoms with E-state index in [1.165, 1.54) is 6.33 Å². The highest BCUT2D eigenvalue weighted by molar-refractivity contribution is 5.87. The Labute approximate surface area is 115 Å². The summed E-state index contributed by atoms with van der Waals surface area (Å²) in [6, 6.07) is -0.00391. The Kier molecular flexibility index (Phi) is 2.42. The Morgan fingerprint density at radius 1 is 1.25 bits per heavy atom. The van der Waals surface area contributed by atoms with E-state index in [4.69, 9.17) is 0 Å². The minimum atomic E-state index is -0.795. The first-order valence-electron chi connectivity index (χ1n) is 6.92. The van der Waals surface area contributed by atoms with Crippen molar-refractivity contribution in [3.05, 3.63) is 12.7 Å². The van der Waals surface area contributed by atoms with E-state index in [1.54, 1.807) is 6.33 Å². The summed E-state index contributed by atoms with van der Waals surface area (Å²) >= 11 is 0. The maximum atomic E-state index is 11.3. The smallest absolute Gasteiger partial charge is 0.326 e. The molecule has 2 aliphatic rings. The molecule has 0 bridgehead atoms. The summed E-state index contributed by atoms with van der Waals surface area (Å²) in [4.78, 5) is 26.2. The Hall–Kier alpha value is -2.18. The molecule has 104 valence electrons. The van der Waals surface area contributed by atoms with Crippen LogP contribution in [0.15, 0.2) is 12.7 Å². The van der Waals surface area contributed by atoms with Crippen molar-refractivity contribution in [3.63, 3.8) is 0 Å². The van der Waals surface area contributed by atoms with E-state index in [9.17, 15) is 9.90 Å². The fraction of sp³-hybridized carbons (Fsp3) is 0.538. The van der Waals surface area contributed by atoms with E-state index < -0.39 is 12.0 Å². The van der Waals surface area contributed by atoms with Crippen molar-refractivity contribution in [3.8, 4) is 0 Å². The lowest BCUT2D eigenvalue weighted by Gasteiger charge is -2.22. The summed E-state index contributed by atoms with van der Waals surface area (Å²) in [6.07, 6.45) is 7.15. The normalized spacial score (nSPS) is 22.6. The molecule has 1 unspecified atom stereocenters. The number of aromatic nitrogens is 4. The Balaban J connectivity index is 1.81. The van der Waals surface area contributed by atoms with Crippen LogP contribution in [-0.4, -0.2) is 43.2 Å². The summed E-state index contributed by atoms with van der Waals surface area (Å²) in [5.41, 5.74) is 1.53. The molecule has 1 N–H and O–H groups in total. The number of carbonyl (C=O) groups is 1. The largest absolute Gasteiger partial charge is 0.480 e. The van der Waals surface area contributed by atoms with Gasteiger partial charge in [-0.1, -0.05) is 0 Å². The SMILES string of the molecule is O=C(O)C1CCCN1c1ncnc2c1ncn2C1CC1. The lowest BCUT2D eigenvalue weighted by molar-refractivity contribution is -0.138. The van der Waals surface area contributed by atoms with Crippen LogP contribution in [0.4, 0.5) is 5.82 Å². The summed E-state index contributed by atoms with van der Waals surface area (Å²) in [7, 11) is 0. The van der Waals surface area contributed by atoms with Gasteiger partial charge in [-0.05, 0) is 25.7 Å². The minimum Gasteiger partial charge on any atom is -0.480 e. The number of nitrogens with zero attached hydrogens (tertiary/aromatic N) is 5. The van der Waals surface area contributed by atoms with E-state index in [1.807, 2.05) is 4.90 Å². The molecule has 4 rings (SSSR count). The quantitative estimate of drug-likeness (QED) is 0.905. The van der Waals surface area contributed by atoms with Gasteiger partial charge in [-0.2, -0.15) is 0 Å². The van der Waals surface area contributed by atoms with Crippen LogP contribution in [0.3, 0.4) is 0 Å². The summed E-state index contributed by atoms with van der Waals surface area (Å²) < 4.78 is 2.08. The molecule has 0 spiro atoms. The van der Waals surface area contributed by atoms with Crippen LogP contribution in [-0.2, 0) is 4.79 Å². The number of aliphatic carboxylic acids is 1. The number of anilines is 1. The second-order valence-corrected chi connectivity index (χ2v) is 5.44. The lowest BCUT2D eigenvalue weighted by Crippen LogP contribution is -2.36. The van der Waals surface area contributed by atoms with Crippen molar-refractivity contribution >= 4 is 23.0 Å². The van der Waals surface area contributed by atoms with Gasteiger partial charge in [0.2, 0.25) is 0 Å². The highest BCUT2D eigenvalue weighted by Crippen LogP contribution is 2.38. The fourth-order valence-electron chi connectivity index (χ4n) is 2.95. The van der Waals surface area contributed by atoms with E-state index in [-0.39, 0.29) is 0 Å². The average molecular weight is 273 g/mol. The third kappa shape index (κ3) is 1.65. The fourth-order valence-corrected chi connectivity index (χ4v) is 2.95. The molecule has 7 heteroatoms. The molecular weight excluding hydrogens is 258 g/mol. The topological polar surface area (TPSA) is 84.1 Å². The predicted molar refractivity (Wildman–Crippen MR) is 71.6 cm³/mol. The first kappa shape index (κ1) is 11.6. The Morgan fingerprint density at radius 3 is 2.85 bits per heavy atom. The number of rotatable bonds is 3. The van der Waals surface area contributed by atoms with Gasteiger partial charge in [-0.15, -0.1) is 0 Å². The van der Waals surface area contributed by atoms with E-state index in [0.29, 0.717) is 30.3 Å². The standard InChI is InChI=1S/C13H15N5O2/c19-13(20)9-2-1-5-17(9)11-10-12(15-6-14-11)18(7-16-10)8-3-4-8/h6-9H,1-5H2,(H,19,20). The maximum Gasteiger partial charge on any atom is 0.326 e. The number of hydrogen-bond donors (Lipinski definition) is 1. The molecule has 1 saturated carbocycles. The number of hydrogen-bond acceptors (Lipinski definition) is 5. The molecule has 20 heavy (non-hydrogen) atoms. The summed E-state index contributed by atoms with van der Waals surface area (Å²) in [5.74, 6) is -0.143. The molecule has 1 aliphatic heterocycles. The number of fused-ring (bicyclic) bond motifs is 1. The highest BCUT2D eigenvalue weighted by Gasteiger charge is 2.34. The van der Waals surface area contributed by atoms with Gasteiger partial charge in [0, 0.05) is 12.6 Å². The number of carboxylic acid groups (broad SMARTS) is 1. The predicted octanol–water partition coefficient (Wildman–Crippen LogP) is 1.21. The molecule has 1 aliphatic carbocycles. The molecule has 1 saturated heterocycles. The van der Waals surface area contributed by atoms with Gasteiger partial charge in [0.25, 0.3) is 0 Å². The number of carboxylic acids is 1. The molecular formula is C13H15N5O2. The van der Waals surface area contributed by atoms with Gasteiger partial charge >= 0.3 is 5.97 Å². The summed E-state index contributed by atoms with van der Waals surface area (Å²) in [6.45, 7) is 0.708. The van der Waals surface area contributed by atoms with E-state index in [2.05, 4.69) is 19.5 Å². The molecule has 2 fully saturated rings. The van der Waals surface area contributed by atoms with Gasteiger partial charge in [0.15, 0.2) is 17.0 Å². The molecule has 2 aromatic heterocycles. The van der Waals surface area contributed by atoms with Gasteiger partial charge in [-0.25, -0.2) is 19.7 Å². The third-order valence-electron chi connectivity index (χ3n) is 4.09. The van der Waals surface area contributed by atoms with E-state index in [0.717, 1.165) is 24.9 Å². The van der Waals surface area contributed by atoms with Gasteiger partial charge in [-0.3, -0.25) is 0 Å². The lowest BCUT2D eigenvalue weighted by atomic mass is 10.2.